The molecule has 3 rings (SSSR count). The van der Waals surface area contributed by atoms with Crippen LogP contribution in [0.3, 0.4) is 0 Å². The minimum absolute atomic E-state index is 0.00764. The highest BCUT2D eigenvalue weighted by Crippen LogP contribution is 2.37. The van der Waals surface area contributed by atoms with Crippen LogP contribution in [0.25, 0.3) is 0 Å². The van der Waals surface area contributed by atoms with Gasteiger partial charge in [-0.1, -0.05) is 12.1 Å². The SMILES string of the molecule is NC(=O)c1c(NC(=O)COc2ccccc2F)sc2c1CCCC2. The third-order valence-electron chi connectivity index (χ3n) is 3.87. The van der Waals surface area contributed by atoms with Crippen LogP contribution in [-0.2, 0) is 17.6 Å². The van der Waals surface area contributed by atoms with Crippen molar-refractivity contribution in [3.8, 4) is 5.75 Å². The molecule has 0 radical (unpaired) electrons. The summed E-state index contributed by atoms with van der Waals surface area (Å²) in [5.74, 6) is -1.53. The van der Waals surface area contributed by atoms with Crippen LogP contribution in [0.1, 0.15) is 33.6 Å². The van der Waals surface area contributed by atoms with Crippen LogP contribution in [0.4, 0.5) is 9.39 Å². The lowest BCUT2D eigenvalue weighted by atomic mass is 9.95. The number of aryl methyl sites for hydroxylation is 1. The van der Waals surface area contributed by atoms with E-state index >= 15 is 0 Å². The Morgan fingerprint density at radius 3 is 2.75 bits per heavy atom. The molecule has 1 aliphatic rings. The topological polar surface area (TPSA) is 81.4 Å². The maximum atomic E-state index is 13.5. The Hall–Kier alpha value is -2.41. The van der Waals surface area contributed by atoms with Crippen molar-refractivity contribution in [2.75, 3.05) is 11.9 Å². The fourth-order valence-corrected chi connectivity index (χ4v) is 4.09. The molecule has 126 valence electrons. The minimum Gasteiger partial charge on any atom is -0.481 e. The first-order valence-corrected chi connectivity index (χ1v) is 8.49. The Bertz CT molecular complexity index is 788. The lowest BCUT2D eigenvalue weighted by Crippen LogP contribution is -2.22. The normalized spacial score (nSPS) is 13.2. The molecule has 1 aromatic heterocycles. The van der Waals surface area contributed by atoms with E-state index in [9.17, 15) is 14.0 Å². The van der Waals surface area contributed by atoms with Crippen LogP contribution in [-0.4, -0.2) is 18.4 Å². The number of nitrogens with one attached hydrogen (secondary N) is 1. The number of thiophene rings is 1. The number of ether oxygens (including phenoxy) is 1. The van der Waals surface area contributed by atoms with Crippen molar-refractivity contribution in [1.82, 2.24) is 0 Å². The molecule has 0 unspecified atom stereocenters. The molecule has 2 amide bonds. The lowest BCUT2D eigenvalue weighted by Gasteiger charge is -2.11. The van der Waals surface area contributed by atoms with Crippen molar-refractivity contribution >= 4 is 28.2 Å². The highest BCUT2D eigenvalue weighted by molar-refractivity contribution is 7.17. The minimum atomic E-state index is -0.542. The number of fused-ring (bicyclic) bond motifs is 1. The van der Waals surface area contributed by atoms with Gasteiger partial charge in [-0.3, -0.25) is 9.59 Å². The molecule has 0 atom stereocenters. The van der Waals surface area contributed by atoms with E-state index in [1.54, 1.807) is 6.07 Å². The van der Waals surface area contributed by atoms with Gasteiger partial charge in [0.2, 0.25) is 0 Å². The number of carbonyl (C=O) groups is 2. The summed E-state index contributed by atoms with van der Waals surface area (Å²) in [6, 6.07) is 5.86. The number of para-hydroxylation sites is 1. The largest absolute Gasteiger partial charge is 0.481 e. The number of rotatable bonds is 5. The number of hydrogen-bond acceptors (Lipinski definition) is 4. The zero-order valence-corrected chi connectivity index (χ0v) is 13.7. The fraction of sp³-hybridized carbons (Fsp3) is 0.294. The first kappa shape index (κ1) is 16.4. The number of anilines is 1. The fourth-order valence-electron chi connectivity index (χ4n) is 2.78. The van der Waals surface area contributed by atoms with Crippen molar-refractivity contribution in [2.24, 2.45) is 5.73 Å². The monoisotopic (exact) mass is 348 g/mol. The molecular weight excluding hydrogens is 331 g/mol. The van der Waals surface area contributed by atoms with E-state index in [0.29, 0.717) is 10.6 Å². The van der Waals surface area contributed by atoms with Gasteiger partial charge in [-0.25, -0.2) is 4.39 Å². The maximum absolute atomic E-state index is 13.5. The summed E-state index contributed by atoms with van der Waals surface area (Å²) in [6.07, 6.45) is 3.76. The quantitative estimate of drug-likeness (QED) is 0.872. The van der Waals surface area contributed by atoms with Gasteiger partial charge >= 0.3 is 0 Å². The molecule has 1 aromatic carbocycles. The average molecular weight is 348 g/mol. The molecule has 7 heteroatoms. The zero-order valence-electron chi connectivity index (χ0n) is 12.9. The molecule has 0 saturated carbocycles. The van der Waals surface area contributed by atoms with Gasteiger partial charge in [0.15, 0.2) is 18.2 Å². The lowest BCUT2D eigenvalue weighted by molar-refractivity contribution is -0.118. The van der Waals surface area contributed by atoms with Gasteiger partial charge in [-0.2, -0.15) is 0 Å². The van der Waals surface area contributed by atoms with Crippen molar-refractivity contribution < 1.29 is 18.7 Å². The van der Waals surface area contributed by atoms with Gasteiger partial charge in [-0.05, 0) is 43.4 Å². The molecule has 0 fully saturated rings. The first-order chi connectivity index (χ1) is 11.6. The standard InChI is InChI=1S/C17H17FN2O3S/c18-11-6-2-3-7-12(11)23-9-14(21)20-17-15(16(19)22)10-5-1-4-8-13(10)24-17/h2-3,6-7H,1,4-5,8-9H2,(H2,19,22)(H,20,21). The zero-order chi connectivity index (χ0) is 17.1. The highest BCUT2D eigenvalue weighted by Gasteiger charge is 2.25. The number of primary amides is 1. The smallest absolute Gasteiger partial charge is 0.262 e. The molecule has 24 heavy (non-hydrogen) atoms. The number of carbonyl (C=O) groups excluding carboxylic acids is 2. The third-order valence-corrected chi connectivity index (χ3v) is 5.07. The Morgan fingerprint density at radius 1 is 1.25 bits per heavy atom. The maximum Gasteiger partial charge on any atom is 0.262 e. The van der Waals surface area contributed by atoms with Crippen LogP contribution in [0.2, 0.25) is 0 Å². The molecule has 0 saturated heterocycles. The summed E-state index contributed by atoms with van der Waals surface area (Å²) >= 11 is 1.38. The highest BCUT2D eigenvalue weighted by atomic mass is 32.1. The van der Waals surface area contributed by atoms with Gasteiger partial charge < -0.3 is 15.8 Å². The van der Waals surface area contributed by atoms with Crippen LogP contribution >= 0.6 is 11.3 Å². The van der Waals surface area contributed by atoms with E-state index in [2.05, 4.69) is 5.32 Å². The van der Waals surface area contributed by atoms with Gasteiger partial charge in [0, 0.05) is 4.88 Å². The van der Waals surface area contributed by atoms with Crippen molar-refractivity contribution in [3.63, 3.8) is 0 Å². The second kappa shape index (κ2) is 7.00. The van der Waals surface area contributed by atoms with E-state index in [4.69, 9.17) is 10.5 Å². The summed E-state index contributed by atoms with van der Waals surface area (Å²) in [5.41, 5.74) is 6.82. The van der Waals surface area contributed by atoms with E-state index in [-0.39, 0.29) is 12.4 Å². The number of benzene rings is 1. The van der Waals surface area contributed by atoms with Crippen molar-refractivity contribution in [3.05, 3.63) is 46.1 Å². The molecular formula is C17H17FN2O3S. The van der Waals surface area contributed by atoms with E-state index < -0.39 is 17.6 Å². The molecule has 2 aromatic rings. The molecule has 3 N–H and O–H groups in total. The third kappa shape index (κ3) is 3.41. The number of halogens is 1. The van der Waals surface area contributed by atoms with E-state index in [0.717, 1.165) is 36.1 Å². The second-order valence-electron chi connectivity index (χ2n) is 5.55. The summed E-state index contributed by atoms with van der Waals surface area (Å²) in [4.78, 5) is 24.9. The van der Waals surface area contributed by atoms with Crippen molar-refractivity contribution in [2.45, 2.75) is 25.7 Å². The molecule has 0 aliphatic heterocycles. The predicted octanol–water partition coefficient (Wildman–Crippen LogP) is 2.88. The average Bonchev–Trinajstić information content (AvgIpc) is 2.92. The van der Waals surface area contributed by atoms with Gasteiger partial charge in [-0.15, -0.1) is 11.3 Å². The summed E-state index contributed by atoms with van der Waals surface area (Å²) < 4.78 is 18.7. The summed E-state index contributed by atoms with van der Waals surface area (Å²) in [6.45, 7) is -0.346. The van der Waals surface area contributed by atoms with Crippen LogP contribution in [0.15, 0.2) is 24.3 Å². The number of nitrogens with two attached hydrogens (primary N) is 1. The number of hydrogen-bond donors (Lipinski definition) is 2. The summed E-state index contributed by atoms with van der Waals surface area (Å²) in [5, 5.41) is 3.13. The first-order valence-electron chi connectivity index (χ1n) is 7.67. The van der Waals surface area contributed by atoms with Gasteiger partial charge in [0.1, 0.15) is 5.00 Å². The molecule has 0 bridgehead atoms. The Morgan fingerprint density at radius 2 is 2.00 bits per heavy atom. The predicted molar refractivity (Wildman–Crippen MR) is 90.0 cm³/mol. The van der Waals surface area contributed by atoms with Gasteiger partial charge in [0.25, 0.3) is 11.8 Å². The van der Waals surface area contributed by atoms with Crippen molar-refractivity contribution in [1.29, 1.82) is 0 Å². The molecule has 1 heterocycles. The van der Waals surface area contributed by atoms with Crippen LogP contribution in [0.5, 0.6) is 5.75 Å². The molecule has 1 aliphatic carbocycles. The Labute approximate surface area is 142 Å². The molecule has 0 spiro atoms. The van der Waals surface area contributed by atoms with E-state index in [1.807, 2.05) is 0 Å². The number of amides is 2. The van der Waals surface area contributed by atoms with Crippen LogP contribution < -0.4 is 15.8 Å². The Kier molecular flexibility index (Phi) is 4.80. The second-order valence-corrected chi connectivity index (χ2v) is 6.65. The Balaban J connectivity index is 1.71. The van der Waals surface area contributed by atoms with Gasteiger partial charge in [0.05, 0.1) is 5.56 Å². The summed E-state index contributed by atoms with van der Waals surface area (Å²) in [7, 11) is 0. The van der Waals surface area contributed by atoms with Crippen LogP contribution in [0, 0.1) is 5.82 Å². The van der Waals surface area contributed by atoms with E-state index in [1.165, 1.54) is 29.5 Å². The molecule has 5 nitrogen and oxygen atoms in total.